The summed E-state index contributed by atoms with van der Waals surface area (Å²) in [5, 5.41) is 3.04. The Morgan fingerprint density at radius 2 is 1.64 bits per heavy atom. The second-order valence-corrected chi connectivity index (χ2v) is 6.07. The summed E-state index contributed by atoms with van der Waals surface area (Å²) in [7, 11) is 0. The van der Waals surface area contributed by atoms with E-state index in [1.165, 1.54) is 5.56 Å². The van der Waals surface area contributed by atoms with E-state index in [0.717, 1.165) is 16.9 Å². The predicted molar refractivity (Wildman–Crippen MR) is 101 cm³/mol. The van der Waals surface area contributed by atoms with Crippen LogP contribution in [0.2, 0.25) is 0 Å². The molecule has 0 spiro atoms. The number of aryl methyl sites for hydroxylation is 2. The second-order valence-electron chi connectivity index (χ2n) is 6.07. The van der Waals surface area contributed by atoms with Crippen molar-refractivity contribution >= 4 is 5.91 Å². The van der Waals surface area contributed by atoms with Crippen LogP contribution in [-0.4, -0.2) is 19.1 Å². The molecule has 0 aliphatic carbocycles. The van der Waals surface area contributed by atoms with Gasteiger partial charge in [0.2, 0.25) is 0 Å². The van der Waals surface area contributed by atoms with Gasteiger partial charge in [0.1, 0.15) is 0 Å². The minimum atomic E-state index is -0.135. The molecule has 0 unspecified atom stereocenters. The molecule has 1 amide bonds. The van der Waals surface area contributed by atoms with Crippen molar-refractivity contribution in [2.24, 2.45) is 0 Å². The van der Waals surface area contributed by atoms with Gasteiger partial charge in [0.15, 0.2) is 11.5 Å². The lowest BCUT2D eigenvalue weighted by molar-refractivity contribution is 0.0939. The molecular formula is C21H27NO3. The number of amides is 1. The summed E-state index contributed by atoms with van der Waals surface area (Å²) in [6.45, 7) is 11.0. The molecule has 4 heteroatoms. The molecule has 0 heterocycles. The largest absolute Gasteiger partial charge is 0.490 e. The molecule has 1 atom stereocenters. The average molecular weight is 341 g/mol. The molecule has 0 aliphatic rings. The third-order valence-corrected chi connectivity index (χ3v) is 4.18. The first-order valence-corrected chi connectivity index (χ1v) is 8.73. The molecule has 134 valence electrons. The van der Waals surface area contributed by atoms with E-state index in [-0.39, 0.29) is 11.9 Å². The maximum atomic E-state index is 12.5. The number of hydrogen-bond donors (Lipinski definition) is 1. The molecule has 2 aromatic carbocycles. The molecule has 0 radical (unpaired) electrons. The number of hydrogen-bond acceptors (Lipinski definition) is 3. The Hall–Kier alpha value is -2.49. The van der Waals surface area contributed by atoms with Crippen molar-refractivity contribution in [3.05, 3.63) is 58.7 Å². The van der Waals surface area contributed by atoms with Gasteiger partial charge in [-0.15, -0.1) is 0 Å². The summed E-state index contributed by atoms with van der Waals surface area (Å²) in [5.41, 5.74) is 3.94. The van der Waals surface area contributed by atoms with Gasteiger partial charge in [-0.2, -0.15) is 0 Å². The summed E-state index contributed by atoms with van der Waals surface area (Å²) < 4.78 is 11.2. The summed E-state index contributed by atoms with van der Waals surface area (Å²) in [6.07, 6.45) is 0. The second kappa shape index (κ2) is 8.56. The van der Waals surface area contributed by atoms with Crippen molar-refractivity contribution in [2.45, 2.75) is 40.7 Å². The van der Waals surface area contributed by atoms with E-state index in [2.05, 4.69) is 5.32 Å². The highest BCUT2D eigenvalue weighted by atomic mass is 16.5. The Morgan fingerprint density at radius 1 is 0.960 bits per heavy atom. The minimum Gasteiger partial charge on any atom is -0.490 e. The molecular weight excluding hydrogens is 314 g/mol. The van der Waals surface area contributed by atoms with E-state index in [1.807, 2.05) is 71.0 Å². The molecule has 0 aliphatic heterocycles. The van der Waals surface area contributed by atoms with Crippen LogP contribution in [0, 0.1) is 13.8 Å². The van der Waals surface area contributed by atoms with Crippen LogP contribution in [0.1, 0.15) is 53.9 Å². The molecule has 2 aromatic rings. The maximum absolute atomic E-state index is 12.5. The van der Waals surface area contributed by atoms with Crippen LogP contribution in [0.3, 0.4) is 0 Å². The number of ether oxygens (including phenoxy) is 2. The lowest BCUT2D eigenvalue weighted by Gasteiger charge is -2.18. The first-order chi connectivity index (χ1) is 12.0. The van der Waals surface area contributed by atoms with Crippen LogP contribution in [0.15, 0.2) is 36.4 Å². The fourth-order valence-corrected chi connectivity index (χ4v) is 2.58. The van der Waals surface area contributed by atoms with E-state index in [1.54, 1.807) is 0 Å². The molecule has 0 saturated carbocycles. The lowest BCUT2D eigenvalue weighted by atomic mass is 10.0. The van der Waals surface area contributed by atoms with Crippen molar-refractivity contribution in [1.29, 1.82) is 0 Å². The van der Waals surface area contributed by atoms with E-state index < -0.39 is 0 Å². The molecule has 25 heavy (non-hydrogen) atoms. The van der Waals surface area contributed by atoms with Crippen molar-refractivity contribution in [3.63, 3.8) is 0 Å². The molecule has 0 fully saturated rings. The number of benzene rings is 2. The Morgan fingerprint density at radius 3 is 2.28 bits per heavy atom. The molecule has 2 rings (SSSR count). The Kier molecular flexibility index (Phi) is 6.45. The summed E-state index contributed by atoms with van der Waals surface area (Å²) in [5.74, 6) is 1.34. The third kappa shape index (κ3) is 4.75. The first-order valence-electron chi connectivity index (χ1n) is 8.73. The van der Waals surface area contributed by atoms with E-state index in [4.69, 9.17) is 9.47 Å². The Balaban J connectivity index is 2.16. The van der Waals surface area contributed by atoms with Crippen LogP contribution in [0.5, 0.6) is 11.5 Å². The highest BCUT2D eigenvalue weighted by Crippen LogP contribution is 2.30. The number of carbonyl (C=O) groups excluding carboxylic acids is 1. The number of nitrogens with one attached hydrogen (secondary N) is 1. The highest BCUT2D eigenvalue weighted by Gasteiger charge is 2.14. The fourth-order valence-electron chi connectivity index (χ4n) is 2.58. The van der Waals surface area contributed by atoms with Gasteiger partial charge in [0.25, 0.3) is 5.91 Å². The zero-order chi connectivity index (χ0) is 18.4. The van der Waals surface area contributed by atoms with Crippen molar-refractivity contribution < 1.29 is 14.3 Å². The molecule has 4 nitrogen and oxygen atoms in total. The van der Waals surface area contributed by atoms with Crippen LogP contribution < -0.4 is 14.8 Å². The summed E-state index contributed by atoms with van der Waals surface area (Å²) >= 11 is 0. The van der Waals surface area contributed by atoms with Crippen LogP contribution in [0.25, 0.3) is 0 Å². The molecule has 0 aromatic heterocycles. The minimum absolute atomic E-state index is 0.0811. The fraction of sp³-hybridized carbons (Fsp3) is 0.381. The van der Waals surface area contributed by atoms with Crippen LogP contribution in [0.4, 0.5) is 0 Å². The Bertz CT molecular complexity index is 740. The van der Waals surface area contributed by atoms with Gasteiger partial charge < -0.3 is 14.8 Å². The summed E-state index contributed by atoms with van der Waals surface area (Å²) in [6, 6.07) is 11.4. The quantitative estimate of drug-likeness (QED) is 0.801. The molecule has 0 saturated heterocycles. The smallest absolute Gasteiger partial charge is 0.251 e. The van der Waals surface area contributed by atoms with Crippen molar-refractivity contribution in [2.75, 3.05) is 13.2 Å². The van der Waals surface area contributed by atoms with Crippen LogP contribution in [-0.2, 0) is 0 Å². The topological polar surface area (TPSA) is 47.6 Å². The number of rotatable bonds is 7. The Labute approximate surface area is 150 Å². The van der Waals surface area contributed by atoms with Gasteiger partial charge in [-0.25, -0.2) is 0 Å². The van der Waals surface area contributed by atoms with Crippen molar-refractivity contribution in [3.8, 4) is 11.5 Å². The van der Waals surface area contributed by atoms with Crippen molar-refractivity contribution in [1.82, 2.24) is 5.32 Å². The third-order valence-electron chi connectivity index (χ3n) is 4.18. The molecule has 0 bridgehead atoms. The van der Waals surface area contributed by atoms with Gasteiger partial charge in [-0.3, -0.25) is 4.79 Å². The van der Waals surface area contributed by atoms with Gasteiger partial charge in [0, 0.05) is 5.56 Å². The summed E-state index contributed by atoms with van der Waals surface area (Å²) in [4.78, 5) is 12.5. The first kappa shape index (κ1) is 18.8. The predicted octanol–water partition coefficient (Wildman–Crippen LogP) is 4.59. The van der Waals surface area contributed by atoms with Gasteiger partial charge in [-0.1, -0.05) is 12.1 Å². The van der Waals surface area contributed by atoms with E-state index in [9.17, 15) is 4.79 Å². The maximum Gasteiger partial charge on any atom is 0.251 e. The van der Waals surface area contributed by atoms with Gasteiger partial charge in [0.05, 0.1) is 19.3 Å². The van der Waals surface area contributed by atoms with Gasteiger partial charge in [-0.05, 0) is 75.6 Å². The van der Waals surface area contributed by atoms with Gasteiger partial charge >= 0.3 is 0 Å². The highest BCUT2D eigenvalue weighted by molar-refractivity contribution is 5.94. The SMILES string of the molecule is CCOc1ccc([C@@H](C)NC(=O)c2ccc(C)c(C)c2)cc1OCC. The monoisotopic (exact) mass is 341 g/mol. The van der Waals surface area contributed by atoms with E-state index in [0.29, 0.717) is 24.5 Å². The van der Waals surface area contributed by atoms with E-state index >= 15 is 0 Å². The van der Waals surface area contributed by atoms with Crippen LogP contribution >= 0.6 is 0 Å². The normalized spacial score (nSPS) is 11.7. The standard InChI is InChI=1S/C21H27NO3/c1-6-24-19-11-10-17(13-20(19)25-7-2)16(5)22-21(23)18-9-8-14(3)15(4)12-18/h8-13,16H,6-7H2,1-5H3,(H,22,23)/t16-/m1/s1. The average Bonchev–Trinajstić information content (AvgIpc) is 2.59. The molecule has 1 N–H and O–H groups in total. The zero-order valence-corrected chi connectivity index (χ0v) is 15.7. The zero-order valence-electron chi connectivity index (χ0n) is 15.7. The number of carbonyl (C=O) groups is 1. The lowest BCUT2D eigenvalue weighted by Crippen LogP contribution is -2.26.